The van der Waals surface area contributed by atoms with Gasteiger partial charge in [-0.25, -0.2) is 4.79 Å². The summed E-state index contributed by atoms with van der Waals surface area (Å²) < 4.78 is 45.4. The SMILES string of the molecule is COCCOCCOc1cc2c(=O)n(-c3ccc(N)cc3)c(C(=O)OC)c(-c3cc(OC)c(OC)c(OC)c3)c2cc1OC.Cl. The van der Waals surface area contributed by atoms with Crippen molar-refractivity contribution in [1.82, 2.24) is 4.57 Å². The number of fused-ring (bicyclic) bond motifs is 1. The number of carbonyl (C=O) groups is 1. The molecule has 0 atom stereocenters. The van der Waals surface area contributed by atoms with Gasteiger partial charge >= 0.3 is 5.97 Å². The molecule has 45 heavy (non-hydrogen) atoms. The van der Waals surface area contributed by atoms with Crippen molar-refractivity contribution < 1.29 is 42.7 Å². The highest BCUT2D eigenvalue weighted by atomic mass is 35.5. The molecule has 12 nitrogen and oxygen atoms in total. The lowest BCUT2D eigenvalue weighted by molar-refractivity contribution is 0.0540. The van der Waals surface area contributed by atoms with Gasteiger partial charge in [-0.2, -0.15) is 0 Å². The van der Waals surface area contributed by atoms with E-state index in [1.165, 1.54) is 40.1 Å². The average Bonchev–Trinajstić information content (AvgIpc) is 3.05. The third-order valence-electron chi connectivity index (χ3n) is 6.87. The standard InChI is InChI=1S/C32H36N2O10.ClH/c1-37-11-12-43-13-14-44-25-18-23-22(17-24(25)38-2)28(19-15-26(39-3)30(41-5)27(16-19)40-4)29(32(36)42-6)34(31(23)35)21-9-7-20(33)8-10-21;/h7-10,15-18H,11-14,33H2,1-6H3;1H. The predicted molar refractivity (Wildman–Crippen MR) is 172 cm³/mol. The van der Waals surface area contributed by atoms with Crippen LogP contribution in [0.25, 0.3) is 27.6 Å². The molecule has 3 aromatic carbocycles. The summed E-state index contributed by atoms with van der Waals surface area (Å²) in [7, 11) is 8.79. The summed E-state index contributed by atoms with van der Waals surface area (Å²) in [5.41, 5.74) is 7.13. The molecule has 4 aromatic rings. The van der Waals surface area contributed by atoms with Gasteiger partial charge in [-0.1, -0.05) is 0 Å². The smallest absolute Gasteiger partial charge is 0.355 e. The van der Waals surface area contributed by atoms with Crippen LogP contribution >= 0.6 is 12.4 Å². The number of halogens is 1. The summed E-state index contributed by atoms with van der Waals surface area (Å²) in [5.74, 6) is 0.946. The fraction of sp³-hybridized carbons (Fsp3) is 0.312. The molecule has 0 radical (unpaired) electrons. The van der Waals surface area contributed by atoms with Crippen molar-refractivity contribution in [2.45, 2.75) is 0 Å². The van der Waals surface area contributed by atoms with Crippen LogP contribution in [0.4, 0.5) is 5.69 Å². The van der Waals surface area contributed by atoms with Crippen molar-refractivity contribution in [3.05, 3.63) is 64.6 Å². The molecule has 0 saturated carbocycles. The Hall–Kier alpha value is -4.65. The van der Waals surface area contributed by atoms with Crippen LogP contribution in [0.3, 0.4) is 0 Å². The van der Waals surface area contributed by atoms with Gasteiger partial charge in [0, 0.05) is 29.4 Å². The maximum Gasteiger partial charge on any atom is 0.355 e. The van der Waals surface area contributed by atoms with E-state index in [0.29, 0.717) is 69.8 Å². The molecule has 0 aliphatic rings. The van der Waals surface area contributed by atoms with Gasteiger partial charge in [0.25, 0.3) is 5.56 Å². The van der Waals surface area contributed by atoms with Gasteiger partial charge in [-0.05, 0) is 54.1 Å². The van der Waals surface area contributed by atoms with Gasteiger partial charge in [0.05, 0.1) is 60.8 Å². The number of esters is 1. The van der Waals surface area contributed by atoms with E-state index >= 15 is 0 Å². The molecule has 0 fully saturated rings. The third-order valence-corrected chi connectivity index (χ3v) is 6.87. The fourth-order valence-electron chi connectivity index (χ4n) is 4.81. The molecular formula is C32H37ClN2O10. The highest BCUT2D eigenvalue weighted by Gasteiger charge is 2.28. The van der Waals surface area contributed by atoms with E-state index in [0.717, 1.165) is 0 Å². The Kier molecular flexibility index (Phi) is 12.3. The molecule has 0 unspecified atom stereocenters. The quantitative estimate of drug-likeness (QED) is 0.118. The molecule has 0 amide bonds. The number of aromatic nitrogens is 1. The van der Waals surface area contributed by atoms with E-state index in [1.54, 1.807) is 55.6 Å². The molecule has 4 rings (SSSR count). The van der Waals surface area contributed by atoms with Gasteiger partial charge in [-0.3, -0.25) is 9.36 Å². The average molecular weight is 645 g/mol. The van der Waals surface area contributed by atoms with E-state index in [4.69, 9.17) is 43.6 Å². The van der Waals surface area contributed by atoms with Crippen LogP contribution in [0.1, 0.15) is 10.5 Å². The third kappa shape index (κ3) is 7.19. The van der Waals surface area contributed by atoms with Crippen molar-refractivity contribution in [3.8, 4) is 45.6 Å². The summed E-state index contributed by atoms with van der Waals surface area (Å²) in [6, 6.07) is 13.2. The minimum absolute atomic E-state index is 0. The number of methoxy groups -OCH3 is 6. The summed E-state index contributed by atoms with van der Waals surface area (Å²) >= 11 is 0. The number of rotatable bonds is 14. The first-order valence-corrected chi connectivity index (χ1v) is 13.6. The number of carbonyl (C=O) groups excluding carboxylic acids is 1. The lowest BCUT2D eigenvalue weighted by Crippen LogP contribution is -2.27. The van der Waals surface area contributed by atoms with Crippen LogP contribution in [-0.4, -0.2) is 79.6 Å². The second-order valence-electron chi connectivity index (χ2n) is 9.36. The van der Waals surface area contributed by atoms with E-state index in [1.807, 2.05) is 0 Å². The van der Waals surface area contributed by atoms with Crippen molar-refractivity contribution >= 4 is 34.8 Å². The molecule has 0 saturated heterocycles. The Morgan fingerprint density at radius 2 is 1.33 bits per heavy atom. The molecular weight excluding hydrogens is 608 g/mol. The van der Waals surface area contributed by atoms with Crippen LogP contribution in [0, 0.1) is 0 Å². The zero-order chi connectivity index (χ0) is 31.8. The van der Waals surface area contributed by atoms with Gasteiger partial charge < -0.3 is 43.6 Å². The second-order valence-corrected chi connectivity index (χ2v) is 9.36. The maximum atomic E-state index is 14.3. The van der Waals surface area contributed by atoms with Gasteiger partial charge in [0.1, 0.15) is 12.3 Å². The number of hydrogen-bond acceptors (Lipinski definition) is 11. The number of hydrogen-bond donors (Lipinski definition) is 1. The van der Waals surface area contributed by atoms with E-state index in [9.17, 15) is 9.59 Å². The Morgan fingerprint density at radius 1 is 0.733 bits per heavy atom. The number of nitrogen functional groups attached to an aromatic ring is 1. The topological polar surface area (TPSA) is 139 Å². The first-order chi connectivity index (χ1) is 21.3. The number of anilines is 1. The minimum atomic E-state index is -0.753. The number of pyridine rings is 1. The van der Waals surface area contributed by atoms with E-state index in [2.05, 4.69) is 0 Å². The molecule has 13 heteroatoms. The molecule has 0 bridgehead atoms. The Morgan fingerprint density at radius 3 is 1.89 bits per heavy atom. The number of nitrogens with two attached hydrogens (primary N) is 1. The zero-order valence-corrected chi connectivity index (χ0v) is 26.8. The molecule has 0 aliphatic carbocycles. The Labute approximate surface area is 266 Å². The van der Waals surface area contributed by atoms with Crippen LogP contribution in [0.15, 0.2) is 53.3 Å². The van der Waals surface area contributed by atoms with Crippen molar-refractivity contribution in [2.75, 3.05) is 74.8 Å². The Bertz CT molecular complexity index is 1660. The Balaban J connectivity index is 0.00000552. The summed E-state index contributed by atoms with van der Waals surface area (Å²) in [6.45, 7) is 1.35. The van der Waals surface area contributed by atoms with Gasteiger partial charge in [0.15, 0.2) is 23.0 Å². The lowest BCUT2D eigenvalue weighted by atomic mass is 9.95. The van der Waals surface area contributed by atoms with Gasteiger partial charge in [-0.15, -0.1) is 12.4 Å². The molecule has 1 heterocycles. The molecule has 1 aromatic heterocycles. The van der Waals surface area contributed by atoms with E-state index in [-0.39, 0.29) is 36.7 Å². The van der Waals surface area contributed by atoms with Crippen LogP contribution in [0.5, 0.6) is 28.7 Å². The van der Waals surface area contributed by atoms with Crippen LogP contribution in [-0.2, 0) is 14.2 Å². The highest BCUT2D eigenvalue weighted by Crippen LogP contribution is 2.45. The second kappa shape index (κ2) is 15.9. The summed E-state index contributed by atoms with van der Waals surface area (Å²) in [5, 5.41) is 0.645. The number of ether oxygens (including phenoxy) is 8. The first kappa shape index (κ1) is 34.8. The largest absolute Gasteiger partial charge is 0.493 e. The summed E-state index contributed by atoms with van der Waals surface area (Å²) in [6.07, 6.45) is 0. The normalized spacial score (nSPS) is 10.6. The van der Waals surface area contributed by atoms with Crippen LogP contribution < -0.4 is 35.0 Å². The first-order valence-electron chi connectivity index (χ1n) is 13.6. The van der Waals surface area contributed by atoms with Crippen molar-refractivity contribution in [1.29, 1.82) is 0 Å². The van der Waals surface area contributed by atoms with Crippen LogP contribution in [0.2, 0.25) is 0 Å². The minimum Gasteiger partial charge on any atom is -0.493 e. The zero-order valence-electron chi connectivity index (χ0n) is 26.0. The molecule has 242 valence electrons. The summed E-state index contributed by atoms with van der Waals surface area (Å²) in [4.78, 5) is 27.9. The predicted octanol–water partition coefficient (Wildman–Crippen LogP) is 4.52. The number of benzene rings is 3. The highest BCUT2D eigenvalue weighted by molar-refractivity contribution is 6.08. The maximum absolute atomic E-state index is 14.3. The molecule has 0 spiro atoms. The monoisotopic (exact) mass is 644 g/mol. The van der Waals surface area contributed by atoms with Gasteiger partial charge in [0.2, 0.25) is 5.75 Å². The molecule has 0 aliphatic heterocycles. The van der Waals surface area contributed by atoms with E-state index < -0.39 is 11.5 Å². The van der Waals surface area contributed by atoms with Crippen molar-refractivity contribution in [2.24, 2.45) is 0 Å². The number of nitrogens with zero attached hydrogens (tertiary/aromatic N) is 1. The molecule has 2 N–H and O–H groups in total. The lowest BCUT2D eigenvalue weighted by Gasteiger charge is -2.21. The fourth-order valence-corrected chi connectivity index (χ4v) is 4.81. The van der Waals surface area contributed by atoms with Crippen molar-refractivity contribution in [3.63, 3.8) is 0 Å².